The van der Waals surface area contributed by atoms with Gasteiger partial charge in [0, 0.05) is 7.05 Å². The van der Waals surface area contributed by atoms with Crippen LogP contribution in [-0.4, -0.2) is 17.7 Å². The van der Waals surface area contributed by atoms with Gasteiger partial charge in [-0.15, -0.1) is 0 Å². The molecular formula is C2H8ClN3O2. The Morgan fingerprint density at radius 1 is 1.75 bits per heavy atom. The van der Waals surface area contributed by atoms with Crippen LogP contribution in [0.5, 0.6) is 0 Å². The van der Waals surface area contributed by atoms with Crippen LogP contribution in [0.3, 0.4) is 0 Å². The number of nitrogens with two attached hydrogens (primary N) is 1. The molecule has 0 saturated carbocycles. The average molecular weight is 142 g/mol. The second-order valence-corrected chi connectivity index (χ2v) is 0.739. The van der Waals surface area contributed by atoms with Crippen molar-refractivity contribution >= 4 is 17.9 Å². The third-order valence-corrected chi connectivity index (χ3v) is 0.248. The summed E-state index contributed by atoms with van der Waals surface area (Å²) in [6.45, 7) is 0. The molecule has 0 rings (SSSR count). The molecule has 0 aromatic rings. The number of halogens is 1. The fourth-order valence-corrected chi connectivity index (χ4v) is 0.123. The number of hydrazine groups is 1. The molecule has 50 valence electrons. The molecule has 0 radical (unpaired) electrons. The van der Waals surface area contributed by atoms with Gasteiger partial charge in [-0.25, -0.2) is 10.2 Å². The van der Waals surface area contributed by atoms with Gasteiger partial charge in [0.25, 0.3) is 0 Å². The number of carbonyl (C=O) groups excluding carboxylic acids is 1. The van der Waals surface area contributed by atoms with E-state index in [-0.39, 0.29) is 0 Å². The number of amides is 2. The molecule has 0 aromatic carbocycles. The largest absolute Gasteiger partial charge is 0.351 e. The van der Waals surface area contributed by atoms with Crippen molar-refractivity contribution in [2.24, 2.45) is 5.73 Å². The summed E-state index contributed by atoms with van der Waals surface area (Å²) in [5.41, 5.74) is 9.03. The molecular weight excluding hydrogens is 133 g/mol. The molecule has 0 aliphatic heterocycles. The topological polar surface area (TPSA) is 87.4 Å². The lowest BCUT2D eigenvalue weighted by molar-refractivity contribution is 0.246. The van der Waals surface area contributed by atoms with Gasteiger partial charge in [0.2, 0.25) is 0 Å². The van der Waals surface area contributed by atoms with Gasteiger partial charge in [-0.3, -0.25) is 10.1 Å². The first-order valence-electron chi connectivity index (χ1n) is 1.66. The van der Waals surface area contributed by atoms with Crippen LogP contribution in [0, 0.1) is 0 Å². The fourth-order valence-electron chi connectivity index (χ4n) is 0.123. The molecule has 0 spiro atoms. The van der Waals surface area contributed by atoms with E-state index in [1.54, 1.807) is 7.05 Å². The molecule has 0 fully saturated rings. The smallest absolute Gasteiger partial charge is 0.326 e. The van der Waals surface area contributed by atoms with E-state index in [1.165, 1.54) is 0 Å². The maximum Gasteiger partial charge on any atom is 0.326 e. The summed E-state index contributed by atoms with van der Waals surface area (Å²) in [6, 6.07) is -0.572. The Bertz CT molecular complexity index is 59.2. The van der Waals surface area contributed by atoms with Crippen LogP contribution in [0.2, 0.25) is 0 Å². The first kappa shape index (κ1) is 10.5. The maximum atomic E-state index is 9.65. The number of hydrogen-bond acceptors (Lipinski definition) is 3. The van der Waals surface area contributed by atoms with Crippen LogP contribution < -0.4 is 16.6 Å². The normalized spacial score (nSPS) is 6.38. The lowest BCUT2D eigenvalue weighted by Gasteiger charge is -1.91. The van der Waals surface area contributed by atoms with E-state index >= 15 is 0 Å². The summed E-state index contributed by atoms with van der Waals surface area (Å²) in [5, 5.41) is 0. The van der Waals surface area contributed by atoms with Gasteiger partial charge in [-0.1, -0.05) is 0 Å². The van der Waals surface area contributed by atoms with E-state index in [4.69, 9.17) is 4.66 Å². The van der Waals surface area contributed by atoms with Crippen molar-refractivity contribution in [3.8, 4) is 0 Å². The van der Waals surface area contributed by atoms with E-state index in [2.05, 4.69) is 28.5 Å². The summed E-state index contributed by atoms with van der Waals surface area (Å²) in [6.07, 6.45) is 0. The number of primary amides is 1. The first-order valence-corrected chi connectivity index (χ1v) is 2.00. The van der Waals surface area contributed by atoms with E-state index < -0.39 is 6.03 Å². The molecule has 5 nitrogen and oxygen atoms in total. The van der Waals surface area contributed by atoms with Crippen LogP contribution >= 0.6 is 11.9 Å². The number of rotatable bonds is 1. The van der Waals surface area contributed by atoms with Crippen LogP contribution in [0.1, 0.15) is 0 Å². The fraction of sp³-hybridized carbons (Fsp3) is 0.500. The highest BCUT2D eigenvalue weighted by molar-refractivity contribution is 6.04. The van der Waals surface area contributed by atoms with Gasteiger partial charge < -0.3 is 5.73 Å². The van der Waals surface area contributed by atoms with Crippen molar-refractivity contribution < 1.29 is 9.45 Å². The summed E-state index contributed by atoms with van der Waals surface area (Å²) in [4.78, 5) is 9.65. The molecule has 0 saturated heterocycles. The number of hydrogen-bond donors (Lipinski definition) is 4. The highest BCUT2D eigenvalue weighted by atomic mass is 35.5. The molecule has 0 unspecified atom stereocenters. The summed E-state index contributed by atoms with van der Waals surface area (Å²) < 4.78 is 6.47. The Labute approximate surface area is 52.0 Å². The van der Waals surface area contributed by atoms with Crippen molar-refractivity contribution in [2.45, 2.75) is 0 Å². The van der Waals surface area contributed by atoms with Crippen LogP contribution in [-0.2, 0) is 0 Å². The first-order chi connectivity index (χ1) is 3.77. The van der Waals surface area contributed by atoms with Crippen LogP contribution in [0.15, 0.2) is 0 Å². The Morgan fingerprint density at radius 2 is 2.12 bits per heavy atom. The predicted molar refractivity (Wildman–Crippen MR) is 29.9 cm³/mol. The Hall–Kier alpha value is -0.520. The summed E-state index contributed by atoms with van der Waals surface area (Å²) in [7, 11) is 1.56. The lowest BCUT2D eigenvalue weighted by Crippen LogP contribution is -2.38. The summed E-state index contributed by atoms with van der Waals surface area (Å²) in [5.74, 6) is 0. The van der Waals surface area contributed by atoms with Gasteiger partial charge in [-0.05, 0) is 0 Å². The molecule has 0 aromatic heterocycles. The van der Waals surface area contributed by atoms with Crippen LogP contribution in [0.25, 0.3) is 0 Å². The molecule has 0 aliphatic rings. The molecule has 2 amide bonds. The van der Waals surface area contributed by atoms with Gasteiger partial charge in [0.1, 0.15) is 0 Å². The minimum absolute atomic E-state index is 0.572. The highest BCUT2D eigenvalue weighted by Crippen LogP contribution is 1.39. The molecule has 0 bridgehead atoms. The van der Waals surface area contributed by atoms with Crippen molar-refractivity contribution in [3.63, 3.8) is 0 Å². The van der Waals surface area contributed by atoms with Gasteiger partial charge in [0.15, 0.2) is 0 Å². The van der Waals surface area contributed by atoms with Crippen molar-refractivity contribution in [1.29, 1.82) is 0 Å². The predicted octanol–water partition coefficient (Wildman–Crippen LogP) is -1.08. The Morgan fingerprint density at radius 3 is 2.12 bits per heavy atom. The van der Waals surface area contributed by atoms with Crippen molar-refractivity contribution in [1.82, 2.24) is 10.9 Å². The van der Waals surface area contributed by atoms with Gasteiger partial charge >= 0.3 is 6.03 Å². The van der Waals surface area contributed by atoms with Crippen LogP contribution in [0.4, 0.5) is 4.79 Å². The third-order valence-electron chi connectivity index (χ3n) is 0.248. The van der Waals surface area contributed by atoms with Crippen molar-refractivity contribution in [3.05, 3.63) is 0 Å². The molecule has 6 heteroatoms. The second kappa shape index (κ2) is 9.70. The minimum Gasteiger partial charge on any atom is -0.351 e. The molecule has 0 heterocycles. The van der Waals surface area contributed by atoms with E-state index in [0.29, 0.717) is 0 Å². The Kier molecular flexibility index (Phi) is 12.7. The lowest BCUT2D eigenvalue weighted by atomic mass is 11.1. The van der Waals surface area contributed by atoms with Crippen molar-refractivity contribution in [2.75, 3.05) is 7.05 Å². The maximum absolute atomic E-state index is 9.65. The number of urea groups is 1. The average Bonchev–Trinajstić information content (AvgIpc) is 1.72. The monoisotopic (exact) mass is 141 g/mol. The van der Waals surface area contributed by atoms with Gasteiger partial charge in [0.05, 0.1) is 11.9 Å². The zero-order chi connectivity index (χ0) is 6.99. The zero-order valence-electron chi connectivity index (χ0n) is 4.31. The standard InChI is InChI=1S/C2H7N3O.ClHO/c1-4-5-2(3)6;1-2/h4H,1H3,(H3,3,5,6);2H. The second-order valence-electron chi connectivity index (χ2n) is 0.739. The molecule has 0 aliphatic carbocycles. The summed E-state index contributed by atoms with van der Waals surface area (Å²) >= 11 is 3.64. The van der Waals surface area contributed by atoms with E-state index in [1.807, 2.05) is 0 Å². The third kappa shape index (κ3) is 17.9. The minimum atomic E-state index is -0.572. The van der Waals surface area contributed by atoms with E-state index in [9.17, 15) is 4.79 Å². The molecule has 8 heavy (non-hydrogen) atoms. The molecule has 5 N–H and O–H groups in total. The molecule has 0 atom stereocenters. The zero-order valence-corrected chi connectivity index (χ0v) is 5.07. The highest BCUT2D eigenvalue weighted by Gasteiger charge is 1.78. The number of nitrogens with one attached hydrogen (secondary N) is 2. The van der Waals surface area contributed by atoms with E-state index in [0.717, 1.165) is 0 Å². The number of carbonyl (C=O) groups is 1. The van der Waals surface area contributed by atoms with Gasteiger partial charge in [-0.2, -0.15) is 0 Å². The SMILES string of the molecule is CNNC(N)=O.OCl. The quantitative estimate of drug-likeness (QED) is 0.351. The Balaban J connectivity index is 0.